The lowest BCUT2D eigenvalue weighted by molar-refractivity contribution is 0.246. The summed E-state index contributed by atoms with van der Waals surface area (Å²) in [6.07, 6.45) is 3.57. The molecule has 2 aromatic heterocycles. The Morgan fingerprint density at radius 2 is 2.14 bits per heavy atom. The van der Waals surface area contributed by atoms with E-state index in [1.807, 2.05) is 6.92 Å². The van der Waals surface area contributed by atoms with Gasteiger partial charge in [-0.2, -0.15) is 10.2 Å². The first kappa shape index (κ1) is 14.7. The van der Waals surface area contributed by atoms with Gasteiger partial charge in [-0.1, -0.05) is 0 Å². The fourth-order valence-electron chi connectivity index (χ4n) is 2.76. The van der Waals surface area contributed by atoms with Gasteiger partial charge in [0.1, 0.15) is 5.52 Å². The van der Waals surface area contributed by atoms with E-state index in [1.54, 1.807) is 0 Å². The van der Waals surface area contributed by atoms with Gasteiger partial charge in [0.25, 0.3) is 0 Å². The van der Waals surface area contributed by atoms with Gasteiger partial charge in [-0.05, 0) is 19.8 Å². The van der Waals surface area contributed by atoms with Crippen LogP contribution in [-0.4, -0.2) is 33.8 Å². The molecule has 116 valence electrons. The second kappa shape index (κ2) is 4.91. The predicted octanol–water partition coefficient (Wildman–Crippen LogP) is 0.491. The predicted molar refractivity (Wildman–Crippen MR) is 77.9 cm³/mol. The number of hydrogen-bond donors (Lipinski definition) is 0. The molecule has 2 heterocycles. The Bertz CT molecular complexity index is 944. The number of hydrogen-bond acceptors (Lipinski definition) is 6. The maximum Gasteiger partial charge on any atom is 0.330 e. The van der Waals surface area contributed by atoms with Crippen molar-refractivity contribution in [1.29, 1.82) is 5.26 Å². The van der Waals surface area contributed by atoms with Gasteiger partial charge in [-0.3, -0.25) is 9.13 Å². The Balaban J connectivity index is 2.24. The molecule has 2 aromatic rings. The van der Waals surface area contributed by atoms with E-state index in [2.05, 4.69) is 16.0 Å². The van der Waals surface area contributed by atoms with Gasteiger partial charge in [-0.15, -0.1) is 0 Å². The van der Waals surface area contributed by atoms with Crippen molar-refractivity contribution in [2.24, 2.45) is 5.92 Å². The standard InChI is InChI=1S/C13H15N5O3S/c1-3-17-10-7-15-12(22(2,20)21)16-11(10)18(13(17)19)9-4-8(5-9)6-14/h7-9H,3-5H2,1-2H3. The van der Waals surface area contributed by atoms with Gasteiger partial charge in [0.15, 0.2) is 5.65 Å². The molecule has 0 aliphatic heterocycles. The summed E-state index contributed by atoms with van der Waals surface area (Å²) in [6.45, 7) is 2.27. The number of sulfone groups is 1. The third kappa shape index (κ3) is 2.11. The normalized spacial score (nSPS) is 21.5. The highest BCUT2D eigenvalue weighted by Crippen LogP contribution is 2.37. The fraction of sp³-hybridized carbons (Fsp3) is 0.538. The van der Waals surface area contributed by atoms with E-state index in [0.717, 1.165) is 6.26 Å². The van der Waals surface area contributed by atoms with Crippen LogP contribution in [0.25, 0.3) is 11.2 Å². The summed E-state index contributed by atoms with van der Waals surface area (Å²) in [5.74, 6) is -0.0619. The van der Waals surface area contributed by atoms with Gasteiger partial charge in [0.2, 0.25) is 15.0 Å². The van der Waals surface area contributed by atoms with Crippen molar-refractivity contribution in [1.82, 2.24) is 19.1 Å². The minimum atomic E-state index is -3.55. The summed E-state index contributed by atoms with van der Waals surface area (Å²) in [5.41, 5.74) is 0.600. The summed E-state index contributed by atoms with van der Waals surface area (Å²) in [6, 6.07) is 2.06. The monoisotopic (exact) mass is 321 g/mol. The molecule has 1 aliphatic carbocycles. The summed E-state index contributed by atoms with van der Waals surface area (Å²) in [7, 11) is -3.55. The fourth-order valence-corrected chi connectivity index (χ4v) is 3.26. The molecule has 22 heavy (non-hydrogen) atoms. The average molecular weight is 321 g/mol. The molecule has 0 saturated heterocycles. The molecule has 0 spiro atoms. The zero-order valence-electron chi connectivity index (χ0n) is 12.2. The van der Waals surface area contributed by atoms with Gasteiger partial charge < -0.3 is 0 Å². The number of nitrogens with zero attached hydrogens (tertiary/aromatic N) is 5. The zero-order chi connectivity index (χ0) is 16.1. The van der Waals surface area contributed by atoms with Crippen LogP contribution in [0.1, 0.15) is 25.8 Å². The number of fused-ring (bicyclic) bond motifs is 1. The maximum absolute atomic E-state index is 12.5. The smallest absolute Gasteiger partial charge is 0.289 e. The number of imidazole rings is 1. The first-order valence-corrected chi connectivity index (χ1v) is 8.83. The molecular formula is C13H15N5O3S. The summed E-state index contributed by atoms with van der Waals surface area (Å²) < 4.78 is 26.3. The molecule has 0 N–H and O–H groups in total. The van der Waals surface area contributed by atoms with Gasteiger partial charge in [0, 0.05) is 18.8 Å². The molecule has 0 amide bonds. The Morgan fingerprint density at radius 1 is 1.45 bits per heavy atom. The lowest BCUT2D eigenvalue weighted by Crippen LogP contribution is -2.34. The van der Waals surface area contributed by atoms with Gasteiger partial charge in [0.05, 0.1) is 18.2 Å². The second-order valence-corrected chi connectivity index (χ2v) is 7.39. The second-order valence-electron chi connectivity index (χ2n) is 5.48. The van der Waals surface area contributed by atoms with Crippen molar-refractivity contribution in [3.05, 3.63) is 16.7 Å². The average Bonchev–Trinajstić information content (AvgIpc) is 2.68. The van der Waals surface area contributed by atoms with Gasteiger partial charge >= 0.3 is 5.69 Å². The maximum atomic E-state index is 12.5. The first-order valence-electron chi connectivity index (χ1n) is 6.94. The van der Waals surface area contributed by atoms with E-state index >= 15 is 0 Å². The largest absolute Gasteiger partial charge is 0.330 e. The van der Waals surface area contributed by atoms with Crippen molar-refractivity contribution >= 4 is 21.0 Å². The van der Waals surface area contributed by atoms with Crippen molar-refractivity contribution in [3.8, 4) is 6.07 Å². The SMILES string of the molecule is CCn1c(=O)n(C2CC(C#N)C2)c2nc(S(C)(=O)=O)ncc21. The van der Waals surface area contributed by atoms with Gasteiger partial charge in [-0.25, -0.2) is 18.2 Å². The molecule has 0 unspecified atom stereocenters. The van der Waals surface area contributed by atoms with Crippen molar-refractivity contribution in [2.45, 2.75) is 37.5 Å². The Hall–Kier alpha value is -2.21. The molecule has 1 saturated carbocycles. The number of aromatic nitrogens is 4. The summed E-state index contributed by atoms with van der Waals surface area (Å²) in [4.78, 5) is 20.5. The van der Waals surface area contributed by atoms with Crippen molar-refractivity contribution in [2.75, 3.05) is 6.26 Å². The quantitative estimate of drug-likeness (QED) is 0.761. The number of aryl methyl sites for hydroxylation is 1. The van der Waals surface area contributed by atoms with Crippen LogP contribution in [0, 0.1) is 17.2 Å². The molecule has 0 aromatic carbocycles. The van der Waals surface area contributed by atoms with E-state index in [1.165, 1.54) is 15.3 Å². The minimum absolute atomic E-state index is 0.0619. The lowest BCUT2D eigenvalue weighted by Gasteiger charge is -2.31. The summed E-state index contributed by atoms with van der Waals surface area (Å²) in [5, 5.41) is 8.59. The van der Waals surface area contributed by atoms with E-state index in [-0.39, 0.29) is 22.8 Å². The molecule has 1 fully saturated rings. The Kier molecular flexibility index (Phi) is 3.29. The third-order valence-electron chi connectivity index (χ3n) is 3.99. The molecule has 0 atom stereocenters. The van der Waals surface area contributed by atoms with E-state index < -0.39 is 9.84 Å². The Morgan fingerprint density at radius 3 is 2.68 bits per heavy atom. The molecular weight excluding hydrogens is 306 g/mol. The van der Waals surface area contributed by atoms with Crippen molar-refractivity contribution in [3.63, 3.8) is 0 Å². The first-order chi connectivity index (χ1) is 10.4. The molecule has 3 rings (SSSR count). The third-order valence-corrected chi connectivity index (χ3v) is 4.85. The van der Waals surface area contributed by atoms with Crippen LogP contribution in [-0.2, 0) is 16.4 Å². The van der Waals surface area contributed by atoms with Crippen molar-refractivity contribution < 1.29 is 8.42 Å². The highest BCUT2D eigenvalue weighted by molar-refractivity contribution is 7.90. The van der Waals surface area contributed by atoms with Crippen LogP contribution in [0.2, 0.25) is 0 Å². The van der Waals surface area contributed by atoms with Crippen LogP contribution in [0.5, 0.6) is 0 Å². The van der Waals surface area contributed by atoms with Crippen LogP contribution in [0.15, 0.2) is 16.1 Å². The molecule has 8 nitrogen and oxygen atoms in total. The Labute approximate surface area is 126 Å². The van der Waals surface area contributed by atoms with E-state index in [9.17, 15) is 13.2 Å². The number of rotatable bonds is 3. The number of nitriles is 1. The van der Waals surface area contributed by atoms with Crippen LogP contribution in [0.4, 0.5) is 0 Å². The van der Waals surface area contributed by atoms with Crippen LogP contribution >= 0.6 is 0 Å². The minimum Gasteiger partial charge on any atom is -0.289 e. The lowest BCUT2D eigenvalue weighted by atomic mass is 9.81. The molecule has 9 heteroatoms. The molecule has 1 aliphatic rings. The van der Waals surface area contributed by atoms with E-state index in [4.69, 9.17) is 5.26 Å². The van der Waals surface area contributed by atoms with Crippen LogP contribution < -0.4 is 5.69 Å². The molecule has 0 radical (unpaired) electrons. The van der Waals surface area contributed by atoms with Crippen LogP contribution in [0.3, 0.4) is 0 Å². The highest BCUT2D eigenvalue weighted by Gasteiger charge is 2.34. The highest BCUT2D eigenvalue weighted by atomic mass is 32.2. The zero-order valence-corrected chi connectivity index (χ0v) is 13.0. The topological polar surface area (TPSA) is 111 Å². The summed E-state index contributed by atoms with van der Waals surface area (Å²) >= 11 is 0. The van der Waals surface area contributed by atoms with E-state index in [0.29, 0.717) is 30.6 Å². The molecule has 0 bridgehead atoms.